The number of likely N-dealkylation sites (tertiary alicyclic amines) is 2. The number of benzene rings is 1. The zero-order valence-corrected chi connectivity index (χ0v) is 23.9. The van der Waals surface area contributed by atoms with Crippen molar-refractivity contribution >= 4 is 17.7 Å². The van der Waals surface area contributed by atoms with Crippen molar-refractivity contribution in [1.29, 1.82) is 0 Å². The molecule has 0 unspecified atom stereocenters. The molecular formula is C31H44N6O3. The number of carbonyl (C=O) groups is 3. The van der Waals surface area contributed by atoms with Gasteiger partial charge in [-0.25, -0.2) is 4.98 Å². The Labute approximate surface area is 237 Å². The van der Waals surface area contributed by atoms with Crippen LogP contribution in [0.4, 0.5) is 0 Å². The standard InChI is InChI=1S/C31H44N6O3/c1-22-8-10-24(11-9-22)18-25-19-27(29(38)34-13-5-15-35-17-14-32-21-35)37(20-25)31(40)28-26(7-3-12-33-28)30(39)36-16-4-6-23(36)2/h8-11,14,17,21,23,25-28,33H,3-7,12-13,15-16,18-20H2,1-2H3,(H,34,38)/t23-,25+,26-,27-,28+/m0/s1. The van der Waals surface area contributed by atoms with Gasteiger partial charge in [0.25, 0.3) is 0 Å². The number of aromatic nitrogens is 2. The summed E-state index contributed by atoms with van der Waals surface area (Å²) < 4.78 is 1.99. The summed E-state index contributed by atoms with van der Waals surface area (Å²) in [5, 5.41) is 6.47. The molecule has 0 bridgehead atoms. The molecule has 5 rings (SSSR count). The lowest BCUT2D eigenvalue weighted by atomic mass is 9.88. The number of nitrogens with one attached hydrogen (secondary N) is 2. The second-order valence-electron chi connectivity index (χ2n) is 11.9. The Balaban J connectivity index is 1.29. The summed E-state index contributed by atoms with van der Waals surface area (Å²) in [5.74, 6) is -0.305. The van der Waals surface area contributed by atoms with Crippen molar-refractivity contribution in [3.05, 3.63) is 54.1 Å². The molecule has 3 aliphatic rings. The Morgan fingerprint density at radius 1 is 1.07 bits per heavy atom. The van der Waals surface area contributed by atoms with Gasteiger partial charge in [0.1, 0.15) is 6.04 Å². The van der Waals surface area contributed by atoms with Gasteiger partial charge < -0.3 is 25.0 Å². The van der Waals surface area contributed by atoms with Crippen molar-refractivity contribution in [3.8, 4) is 0 Å². The SMILES string of the molecule is Cc1ccc(C[C@@H]2C[C@@H](C(=O)NCCCn3ccnc3)N(C(=O)[C@@H]3NCCC[C@@H]3C(=O)N3CCC[C@@H]3C)C2)cc1. The largest absolute Gasteiger partial charge is 0.354 e. The molecule has 9 nitrogen and oxygen atoms in total. The molecule has 3 aliphatic heterocycles. The van der Waals surface area contributed by atoms with Crippen molar-refractivity contribution < 1.29 is 14.4 Å². The first-order chi connectivity index (χ1) is 19.4. The maximum absolute atomic E-state index is 14.2. The van der Waals surface area contributed by atoms with Crippen LogP contribution in [0.5, 0.6) is 0 Å². The maximum atomic E-state index is 14.2. The highest BCUT2D eigenvalue weighted by atomic mass is 16.2. The Hall–Kier alpha value is -3.20. The quantitative estimate of drug-likeness (QED) is 0.470. The van der Waals surface area contributed by atoms with Crippen LogP contribution in [0.3, 0.4) is 0 Å². The van der Waals surface area contributed by atoms with E-state index in [1.54, 1.807) is 17.4 Å². The first kappa shape index (κ1) is 28.3. The minimum Gasteiger partial charge on any atom is -0.354 e. The van der Waals surface area contributed by atoms with Crippen molar-refractivity contribution in [2.24, 2.45) is 11.8 Å². The molecule has 0 spiro atoms. The fraction of sp³-hybridized carbons (Fsp3) is 0.613. The lowest BCUT2D eigenvalue weighted by molar-refractivity contribution is -0.147. The predicted octanol–water partition coefficient (Wildman–Crippen LogP) is 2.54. The predicted molar refractivity (Wildman–Crippen MR) is 153 cm³/mol. The molecule has 0 saturated carbocycles. The van der Waals surface area contributed by atoms with E-state index in [0.29, 0.717) is 32.5 Å². The lowest BCUT2D eigenvalue weighted by Gasteiger charge is -2.37. The highest BCUT2D eigenvalue weighted by Gasteiger charge is 2.46. The van der Waals surface area contributed by atoms with Crippen LogP contribution in [0.15, 0.2) is 43.0 Å². The van der Waals surface area contributed by atoms with Gasteiger partial charge in [0, 0.05) is 44.6 Å². The fourth-order valence-corrected chi connectivity index (χ4v) is 6.70. The maximum Gasteiger partial charge on any atom is 0.242 e. The topological polar surface area (TPSA) is 99.6 Å². The number of piperidine rings is 1. The summed E-state index contributed by atoms with van der Waals surface area (Å²) in [7, 11) is 0. The van der Waals surface area contributed by atoms with E-state index in [0.717, 1.165) is 45.2 Å². The molecule has 216 valence electrons. The lowest BCUT2D eigenvalue weighted by Crippen LogP contribution is -2.59. The highest BCUT2D eigenvalue weighted by Crippen LogP contribution is 2.31. The summed E-state index contributed by atoms with van der Waals surface area (Å²) in [4.78, 5) is 49.1. The van der Waals surface area contributed by atoms with Crippen molar-refractivity contribution in [3.63, 3.8) is 0 Å². The number of carbonyl (C=O) groups excluding carboxylic acids is 3. The molecule has 0 radical (unpaired) electrons. The second-order valence-corrected chi connectivity index (χ2v) is 11.9. The molecule has 2 N–H and O–H groups in total. The van der Waals surface area contributed by atoms with Crippen LogP contribution >= 0.6 is 0 Å². The van der Waals surface area contributed by atoms with Crippen molar-refractivity contribution in [1.82, 2.24) is 30.0 Å². The zero-order valence-electron chi connectivity index (χ0n) is 23.9. The molecule has 0 aliphatic carbocycles. The van der Waals surface area contributed by atoms with Crippen LogP contribution in [0.2, 0.25) is 0 Å². The van der Waals surface area contributed by atoms with Crippen LogP contribution in [-0.2, 0) is 27.3 Å². The van der Waals surface area contributed by atoms with Gasteiger partial charge >= 0.3 is 0 Å². The van der Waals surface area contributed by atoms with Gasteiger partial charge in [-0.05, 0) is 76.8 Å². The third kappa shape index (κ3) is 6.57. The second kappa shape index (κ2) is 13.0. The van der Waals surface area contributed by atoms with Crippen molar-refractivity contribution in [2.45, 2.75) is 83.5 Å². The van der Waals surface area contributed by atoms with Gasteiger partial charge in [-0.3, -0.25) is 14.4 Å². The number of aryl methyl sites for hydroxylation is 2. The number of hydrogen-bond acceptors (Lipinski definition) is 5. The van der Waals surface area contributed by atoms with Gasteiger partial charge in [-0.15, -0.1) is 0 Å². The minimum absolute atomic E-state index is 0.0893. The van der Waals surface area contributed by atoms with Crippen molar-refractivity contribution in [2.75, 3.05) is 26.2 Å². The normalized spacial score (nSPS) is 26.7. The molecule has 40 heavy (non-hydrogen) atoms. The number of amides is 3. The van der Waals surface area contributed by atoms with Crippen LogP contribution in [0, 0.1) is 18.8 Å². The Morgan fingerprint density at radius 3 is 2.62 bits per heavy atom. The summed E-state index contributed by atoms with van der Waals surface area (Å²) in [6.45, 7) is 7.48. The van der Waals surface area contributed by atoms with E-state index in [1.165, 1.54) is 11.1 Å². The number of rotatable bonds is 9. The van der Waals surface area contributed by atoms with E-state index in [4.69, 9.17) is 0 Å². The smallest absolute Gasteiger partial charge is 0.242 e. The van der Waals surface area contributed by atoms with Crippen LogP contribution < -0.4 is 10.6 Å². The molecule has 3 saturated heterocycles. The Morgan fingerprint density at radius 2 is 1.90 bits per heavy atom. The highest BCUT2D eigenvalue weighted by molar-refractivity contribution is 5.94. The average Bonchev–Trinajstić information content (AvgIpc) is 3.73. The van der Waals surface area contributed by atoms with Gasteiger partial charge in [0.15, 0.2) is 0 Å². The first-order valence-corrected chi connectivity index (χ1v) is 15.0. The molecule has 9 heteroatoms. The molecular weight excluding hydrogens is 504 g/mol. The molecule has 2 aromatic rings. The Bertz CT molecular complexity index is 1150. The molecule has 1 aromatic heterocycles. The number of imidazole rings is 1. The minimum atomic E-state index is -0.580. The van der Waals surface area contributed by atoms with Gasteiger partial charge in [0.2, 0.25) is 17.7 Å². The summed E-state index contributed by atoms with van der Waals surface area (Å²) in [6, 6.07) is 7.61. The summed E-state index contributed by atoms with van der Waals surface area (Å²) in [5.41, 5.74) is 2.43. The van der Waals surface area contributed by atoms with Gasteiger partial charge in [0.05, 0.1) is 18.3 Å². The third-order valence-corrected chi connectivity index (χ3v) is 8.95. The zero-order chi connectivity index (χ0) is 28.1. The van der Waals surface area contributed by atoms with Crippen LogP contribution in [0.1, 0.15) is 56.6 Å². The van der Waals surface area contributed by atoms with Gasteiger partial charge in [-0.1, -0.05) is 29.8 Å². The van der Waals surface area contributed by atoms with E-state index in [9.17, 15) is 14.4 Å². The Kier molecular flexibility index (Phi) is 9.19. The number of hydrogen-bond donors (Lipinski definition) is 2. The molecule has 3 amide bonds. The fourth-order valence-electron chi connectivity index (χ4n) is 6.70. The molecule has 3 fully saturated rings. The van der Waals surface area contributed by atoms with E-state index in [1.807, 2.05) is 15.7 Å². The molecule has 5 atom stereocenters. The first-order valence-electron chi connectivity index (χ1n) is 15.0. The van der Waals surface area contributed by atoms with Gasteiger partial charge in [-0.2, -0.15) is 0 Å². The average molecular weight is 549 g/mol. The summed E-state index contributed by atoms with van der Waals surface area (Å²) in [6.07, 6.45) is 11.3. The molecule has 1 aromatic carbocycles. The van der Waals surface area contributed by atoms with E-state index in [-0.39, 0.29) is 35.6 Å². The molecule has 4 heterocycles. The number of nitrogens with zero attached hydrogens (tertiary/aromatic N) is 4. The summed E-state index contributed by atoms with van der Waals surface area (Å²) >= 11 is 0. The van der Waals surface area contributed by atoms with E-state index < -0.39 is 12.1 Å². The van der Waals surface area contributed by atoms with E-state index >= 15 is 0 Å². The van der Waals surface area contributed by atoms with E-state index in [2.05, 4.69) is 53.7 Å². The third-order valence-electron chi connectivity index (χ3n) is 8.95. The monoisotopic (exact) mass is 548 g/mol. The van der Waals surface area contributed by atoms with Crippen LogP contribution in [-0.4, -0.2) is 81.4 Å². The van der Waals surface area contributed by atoms with Crippen LogP contribution in [0.25, 0.3) is 0 Å².